The van der Waals surface area contributed by atoms with Crippen LogP contribution in [0.2, 0.25) is 0 Å². The number of pyridine rings is 1. The normalized spacial score (nSPS) is 15.8. The summed E-state index contributed by atoms with van der Waals surface area (Å²) in [5.74, 6) is 2.47. The number of nitrogens with zero attached hydrogens (tertiary/aromatic N) is 2. The van der Waals surface area contributed by atoms with Crippen molar-refractivity contribution in [3.63, 3.8) is 0 Å². The third-order valence-electron chi connectivity index (χ3n) is 4.70. The van der Waals surface area contributed by atoms with E-state index in [2.05, 4.69) is 15.3 Å². The second-order valence-corrected chi connectivity index (χ2v) is 6.82. The molecule has 1 aliphatic rings. The summed E-state index contributed by atoms with van der Waals surface area (Å²) in [6.07, 6.45) is 9.30. The van der Waals surface area contributed by atoms with Gasteiger partial charge in [-0.25, -0.2) is 9.98 Å². The molecule has 6 heteroatoms. The number of nitrogens with one attached hydrogen (secondary N) is 1. The van der Waals surface area contributed by atoms with Gasteiger partial charge in [-0.15, -0.1) is 0 Å². The van der Waals surface area contributed by atoms with Crippen molar-refractivity contribution in [2.45, 2.75) is 51.1 Å². The summed E-state index contributed by atoms with van der Waals surface area (Å²) in [6, 6.07) is 11.7. The van der Waals surface area contributed by atoms with Gasteiger partial charge < -0.3 is 20.5 Å². The van der Waals surface area contributed by atoms with Gasteiger partial charge in [0.15, 0.2) is 5.96 Å². The van der Waals surface area contributed by atoms with Crippen molar-refractivity contribution in [3.05, 3.63) is 48.2 Å². The molecule has 0 bridgehead atoms. The van der Waals surface area contributed by atoms with Crippen molar-refractivity contribution >= 4 is 5.96 Å². The number of nitrogens with two attached hydrogens (primary N) is 1. The second-order valence-electron chi connectivity index (χ2n) is 6.82. The molecule has 0 spiro atoms. The maximum Gasteiger partial charge on any atom is 0.219 e. The number of hydrogen-bond acceptors (Lipinski definition) is 4. The third kappa shape index (κ3) is 6.16. The average molecular weight is 368 g/mol. The van der Waals surface area contributed by atoms with E-state index in [1.165, 1.54) is 38.5 Å². The van der Waals surface area contributed by atoms with E-state index >= 15 is 0 Å². The molecule has 0 aliphatic heterocycles. The quantitative estimate of drug-likeness (QED) is 0.457. The predicted octanol–water partition coefficient (Wildman–Crippen LogP) is 4.01. The van der Waals surface area contributed by atoms with Gasteiger partial charge in [-0.3, -0.25) is 0 Å². The molecule has 0 radical (unpaired) electrons. The number of benzene rings is 1. The Morgan fingerprint density at radius 1 is 1.15 bits per heavy atom. The molecule has 0 unspecified atom stereocenters. The highest BCUT2D eigenvalue weighted by Crippen LogP contribution is 2.24. The lowest BCUT2D eigenvalue weighted by Crippen LogP contribution is -2.39. The molecule has 3 N–H and O–H groups in total. The Morgan fingerprint density at radius 3 is 2.63 bits per heavy atom. The fourth-order valence-corrected chi connectivity index (χ4v) is 3.21. The van der Waals surface area contributed by atoms with Crippen molar-refractivity contribution in [2.24, 2.45) is 10.7 Å². The van der Waals surface area contributed by atoms with Crippen LogP contribution in [0.1, 0.15) is 44.1 Å². The maximum absolute atomic E-state index is 6.04. The molecule has 1 fully saturated rings. The van der Waals surface area contributed by atoms with Gasteiger partial charge in [-0.05, 0) is 30.5 Å². The first kappa shape index (κ1) is 19.0. The summed E-state index contributed by atoms with van der Waals surface area (Å²) in [4.78, 5) is 8.78. The van der Waals surface area contributed by atoms with Crippen molar-refractivity contribution in [2.75, 3.05) is 7.11 Å². The largest absolute Gasteiger partial charge is 0.497 e. The lowest BCUT2D eigenvalue weighted by Gasteiger charge is -2.16. The molecule has 1 saturated carbocycles. The Kier molecular flexibility index (Phi) is 6.90. The number of aromatic nitrogens is 1. The van der Waals surface area contributed by atoms with Crippen molar-refractivity contribution < 1.29 is 9.47 Å². The summed E-state index contributed by atoms with van der Waals surface area (Å²) >= 11 is 0. The van der Waals surface area contributed by atoms with Crippen LogP contribution in [0.3, 0.4) is 0 Å². The summed E-state index contributed by atoms with van der Waals surface area (Å²) in [7, 11) is 1.63. The number of methoxy groups -OCH3 is 1. The molecule has 3 rings (SSSR count). The third-order valence-corrected chi connectivity index (χ3v) is 4.70. The fraction of sp³-hybridized carbons (Fsp3) is 0.429. The van der Waals surface area contributed by atoms with E-state index < -0.39 is 0 Å². The second kappa shape index (κ2) is 9.80. The van der Waals surface area contributed by atoms with Gasteiger partial charge in [-0.2, -0.15) is 0 Å². The zero-order valence-electron chi connectivity index (χ0n) is 15.9. The molecule has 1 aromatic carbocycles. The molecule has 27 heavy (non-hydrogen) atoms. The van der Waals surface area contributed by atoms with Gasteiger partial charge in [0.2, 0.25) is 5.88 Å². The summed E-state index contributed by atoms with van der Waals surface area (Å²) in [5, 5.41) is 3.35. The minimum atomic E-state index is 0.452. The SMILES string of the molecule is COc1cccc(Oc2ccc(CN=C(N)NC3CCCCCC3)cn2)c1. The van der Waals surface area contributed by atoms with Crippen LogP contribution in [0.5, 0.6) is 17.4 Å². The lowest BCUT2D eigenvalue weighted by molar-refractivity contribution is 0.407. The van der Waals surface area contributed by atoms with E-state index in [-0.39, 0.29) is 0 Å². The molecule has 2 aromatic rings. The first-order valence-electron chi connectivity index (χ1n) is 9.56. The molecule has 1 heterocycles. The first-order chi connectivity index (χ1) is 13.2. The molecule has 1 aromatic heterocycles. The van der Waals surface area contributed by atoms with Crippen LogP contribution in [0.15, 0.2) is 47.6 Å². The maximum atomic E-state index is 6.04. The van der Waals surface area contributed by atoms with E-state index in [1.807, 2.05) is 36.4 Å². The molecule has 0 atom stereocenters. The predicted molar refractivity (Wildman–Crippen MR) is 107 cm³/mol. The molecule has 6 nitrogen and oxygen atoms in total. The van der Waals surface area contributed by atoms with Crippen LogP contribution in [-0.4, -0.2) is 24.1 Å². The molecule has 0 amide bonds. The lowest BCUT2D eigenvalue weighted by atomic mass is 10.1. The molecule has 1 aliphatic carbocycles. The van der Waals surface area contributed by atoms with Crippen molar-refractivity contribution in [1.82, 2.24) is 10.3 Å². The van der Waals surface area contributed by atoms with Crippen molar-refractivity contribution in [1.29, 1.82) is 0 Å². The number of aliphatic imine (C=N–C) groups is 1. The van der Waals surface area contributed by atoms with Crippen LogP contribution >= 0.6 is 0 Å². The Labute approximate surface area is 160 Å². The number of hydrogen-bond donors (Lipinski definition) is 2. The fourth-order valence-electron chi connectivity index (χ4n) is 3.21. The molecule has 144 valence electrons. The monoisotopic (exact) mass is 368 g/mol. The highest BCUT2D eigenvalue weighted by atomic mass is 16.5. The van der Waals surface area contributed by atoms with Crippen molar-refractivity contribution in [3.8, 4) is 17.4 Å². The minimum absolute atomic E-state index is 0.452. The summed E-state index contributed by atoms with van der Waals surface area (Å²) < 4.78 is 10.9. The highest BCUT2D eigenvalue weighted by Gasteiger charge is 2.12. The smallest absolute Gasteiger partial charge is 0.219 e. The number of guanidine groups is 1. The van der Waals surface area contributed by atoms with Gasteiger partial charge in [0, 0.05) is 24.4 Å². The van der Waals surface area contributed by atoms with E-state index in [0.717, 1.165) is 11.3 Å². The van der Waals surface area contributed by atoms with Crippen LogP contribution < -0.4 is 20.5 Å². The van der Waals surface area contributed by atoms with Gasteiger partial charge in [-0.1, -0.05) is 37.8 Å². The van der Waals surface area contributed by atoms with Gasteiger partial charge in [0.05, 0.1) is 13.7 Å². The Balaban J connectivity index is 1.52. The van der Waals surface area contributed by atoms with Crippen LogP contribution in [0.4, 0.5) is 0 Å². The highest BCUT2D eigenvalue weighted by molar-refractivity contribution is 5.78. The summed E-state index contributed by atoms with van der Waals surface area (Å²) in [6.45, 7) is 0.498. The molecule has 0 saturated heterocycles. The van der Waals surface area contributed by atoms with E-state index in [9.17, 15) is 0 Å². The average Bonchev–Trinajstić information content (AvgIpc) is 2.96. The Morgan fingerprint density at radius 2 is 1.93 bits per heavy atom. The Bertz CT molecular complexity index is 738. The van der Waals surface area contributed by atoms with E-state index in [0.29, 0.717) is 30.2 Å². The van der Waals surface area contributed by atoms with Gasteiger partial charge in [0.1, 0.15) is 11.5 Å². The van der Waals surface area contributed by atoms with Gasteiger partial charge in [0.25, 0.3) is 0 Å². The molecular formula is C21H28N4O2. The van der Waals surface area contributed by atoms with Crippen LogP contribution in [0, 0.1) is 0 Å². The van der Waals surface area contributed by atoms with Crippen LogP contribution in [0.25, 0.3) is 0 Å². The zero-order chi connectivity index (χ0) is 18.9. The van der Waals surface area contributed by atoms with E-state index in [1.54, 1.807) is 13.3 Å². The Hall–Kier alpha value is -2.76. The molecular weight excluding hydrogens is 340 g/mol. The summed E-state index contributed by atoms with van der Waals surface area (Å²) in [5.41, 5.74) is 7.03. The van der Waals surface area contributed by atoms with Gasteiger partial charge >= 0.3 is 0 Å². The first-order valence-corrected chi connectivity index (χ1v) is 9.56. The minimum Gasteiger partial charge on any atom is -0.497 e. The zero-order valence-corrected chi connectivity index (χ0v) is 15.9. The van der Waals surface area contributed by atoms with E-state index in [4.69, 9.17) is 15.2 Å². The standard InChI is InChI=1S/C21H28N4O2/c1-26-18-9-6-10-19(13-18)27-20-12-11-16(14-23-20)15-24-21(22)25-17-7-4-2-3-5-8-17/h6,9-14,17H,2-5,7-8,15H2,1H3,(H3,22,24,25). The number of rotatable bonds is 6. The topological polar surface area (TPSA) is 81.8 Å². The van der Waals surface area contributed by atoms with Crippen LogP contribution in [-0.2, 0) is 6.54 Å². The number of ether oxygens (including phenoxy) is 2.